The third-order valence-electron chi connectivity index (χ3n) is 14.5. The minimum atomic E-state index is -0.763. The Balaban J connectivity index is 4.29. The first-order valence-electron chi connectivity index (χ1n) is 31.4. The van der Waals surface area contributed by atoms with E-state index in [0.717, 1.165) is 63.7 Å². The van der Waals surface area contributed by atoms with Gasteiger partial charge in [0.1, 0.15) is 13.2 Å². The maximum absolute atomic E-state index is 12.9. The second kappa shape index (κ2) is 57.3. The van der Waals surface area contributed by atoms with E-state index in [9.17, 15) is 14.4 Å². The van der Waals surface area contributed by atoms with Crippen LogP contribution < -0.4 is 0 Å². The molecule has 0 amide bonds. The van der Waals surface area contributed by atoms with E-state index < -0.39 is 6.10 Å². The maximum Gasteiger partial charge on any atom is 0.306 e. The minimum absolute atomic E-state index is 0.0613. The first-order valence-corrected chi connectivity index (χ1v) is 31.4. The van der Waals surface area contributed by atoms with Crippen LogP contribution in [0.5, 0.6) is 0 Å². The molecule has 6 nitrogen and oxygen atoms in total. The highest BCUT2D eigenvalue weighted by Crippen LogP contribution is 2.19. The Labute approximate surface area is 431 Å². The van der Waals surface area contributed by atoms with Gasteiger partial charge >= 0.3 is 17.9 Å². The van der Waals surface area contributed by atoms with Crippen LogP contribution in [0, 0.1) is 5.92 Å². The average molecular weight is 976 g/mol. The van der Waals surface area contributed by atoms with E-state index in [0.29, 0.717) is 19.3 Å². The third kappa shape index (κ3) is 57.2. The summed E-state index contributed by atoms with van der Waals surface area (Å²) in [6, 6.07) is 0. The SMILES string of the molecule is CCCCCCCCCCCCCCCCCCCCC(=O)OC[C@H](COC(=O)CCCCCCCCCCCCCCCC(C)C)OC(=O)CCCCCCCCCCCCCCCCCCC. The van der Waals surface area contributed by atoms with E-state index >= 15 is 0 Å². The number of hydrogen-bond acceptors (Lipinski definition) is 6. The normalized spacial score (nSPS) is 12.0. The molecule has 0 saturated carbocycles. The summed E-state index contributed by atoms with van der Waals surface area (Å²) >= 11 is 0. The van der Waals surface area contributed by atoms with E-state index in [4.69, 9.17) is 14.2 Å². The molecule has 0 spiro atoms. The predicted octanol–water partition coefficient (Wildman–Crippen LogP) is 21.0. The molecule has 1 atom stereocenters. The second-order valence-electron chi connectivity index (χ2n) is 22.2. The fourth-order valence-electron chi connectivity index (χ4n) is 9.81. The molecule has 0 aliphatic rings. The van der Waals surface area contributed by atoms with E-state index in [1.54, 1.807) is 0 Å². The number of rotatable bonds is 58. The Kier molecular flexibility index (Phi) is 56.0. The quantitative estimate of drug-likeness (QED) is 0.0343. The van der Waals surface area contributed by atoms with E-state index in [2.05, 4.69) is 27.7 Å². The van der Waals surface area contributed by atoms with Crippen molar-refractivity contribution in [1.82, 2.24) is 0 Å². The van der Waals surface area contributed by atoms with Crippen molar-refractivity contribution < 1.29 is 28.6 Å². The van der Waals surface area contributed by atoms with Gasteiger partial charge in [-0.2, -0.15) is 0 Å². The van der Waals surface area contributed by atoms with Gasteiger partial charge in [-0.3, -0.25) is 14.4 Å². The van der Waals surface area contributed by atoms with Crippen LogP contribution in [-0.4, -0.2) is 37.2 Å². The van der Waals surface area contributed by atoms with Gasteiger partial charge in [0.05, 0.1) is 0 Å². The van der Waals surface area contributed by atoms with E-state index in [1.165, 1.54) is 257 Å². The molecule has 69 heavy (non-hydrogen) atoms. The summed E-state index contributed by atoms with van der Waals surface area (Å²) in [5.74, 6) is 0.0109. The Bertz CT molecular complexity index is 1040. The van der Waals surface area contributed by atoms with Gasteiger partial charge in [-0.25, -0.2) is 0 Å². The van der Waals surface area contributed by atoms with Gasteiger partial charge in [0, 0.05) is 19.3 Å². The molecule has 0 rings (SSSR count). The van der Waals surface area contributed by atoms with Crippen molar-refractivity contribution in [2.24, 2.45) is 5.92 Å². The molecule has 0 aromatic heterocycles. The lowest BCUT2D eigenvalue weighted by Crippen LogP contribution is -2.30. The zero-order valence-electron chi connectivity index (χ0n) is 47.3. The van der Waals surface area contributed by atoms with Gasteiger partial charge < -0.3 is 14.2 Å². The molecule has 0 aliphatic heterocycles. The molecule has 0 fully saturated rings. The molecule has 0 aliphatic carbocycles. The fourth-order valence-corrected chi connectivity index (χ4v) is 9.81. The van der Waals surface area contributed by atoms with Crippen molar-refractivity contribution in [2.75, 3.05) is 13.2 Å². The smallest absolute Gasteiger partial charge is 0.306 e. The van der Waals surface area contributed by atoms with Gasteiger partial charge in [-0.1, -0.05) is 323 Å². The lowest BCUT2D eigenvalue weighted by atomic mass is 10.0. The highest BCUT2D eigenvalue weighted by atomic mass is 16.6. The predicted molar refractivity (Wildman–Crippen MR) is 298 cm³/mol. The molecule has 0 saturated heterocycles. The van der Waals surface area contributed by atoms with Crippen LogP contribution in [0.4, 0.5) is 0 Å². The third-order valence-corrected chi connectivity index (χ3v) is 14.5. The summed E-state index contributed by atoms with van der Waals surface area (Å²) in [4.78, 5) is 38.3. The minimum Gasteiger partial charge on any atom is -0.462 e. The Morgan fingerprint density at radius 3 is 0.710 bits per heavy atom. The van der Waals surface area contributed by atoms with Crippen LogP contribution in [0.3, 0.4) is 0 Å². The molecule has 410 valence electrons. The zero-order valence-corrected chi connectivity index (χ0v) is 47.3. The molecule has 0 aromatic rings. The summed E-state index contributed by atoms with van der Waals surface area (Å²) in [6.07, 6.45) is 63.8. The van der Waals surface area contributed by atoms with Crippen LogP contribution in [0.15, 0.2) is 0 Å². The second-order valence-corrected chi connectivity index (χ2v) is 22.2. The van der Waals surface area contributed by atoms with Crippen LogP contribution >= 0.6 is 0 Å². The molecule has 0 N–H and O–H groups in total. The Hall–Kier alpha value is -1.59. The van der Waals surface area contributed by atoms with Crippen molar-refractivity contribution in [2.45, 2.75) is 368 Å². The number of carbonyl (C=O) groups excluding carboxylic acids is 3. The summed E-state index contributed by atoms with van der Waals surface area (Å²) in [6.45, 7) is 9.08. The summed E-state index contributed by atoms with van der Waals surface area (Å²) in [7, 11) is 0. The Morgan fingerprint density at radius 1 is 0.275 bits per heavy atom. The molecular weight excluding hydrogens is 853 g/mol. The largest absolute Gasteiger partial charge is 0.462 e. The monoisotopic (exact) mass is 975 g/mol. The van der Waals surface area contributed by atoms with E-state index in [1.807, 2.05) is 0 Å². The highest BCUT2D eigenvalue weighted by Gasteiger charge is 2.19. The zero-order chi connectivity index (χ0) is 50.2. The van der Waals surface area contributed by atoms with E-state index in [-0.39, 0.29) is 31.1 Å². The van der Waals surface area contributed by atoms with Gasteiger partial charge in [-0.15, -0.1) is 0 Å². The number of hydrogen-bond donors (Lipinski definition) is 0. The lowest BCUT2D eigenvalue weighted by Gasteiger charge is -2.18. The van der Waals surface area contributed by atoms with Crippen LogP contribution in [0.1, 0.15) is 362 Å². The molecule has 0 aromatic carbocycles. The molecule has 0 unspecified atom stereocenters. The van der Waals surface area contributed by atoms with Gasteiger partial charge in [0.2, 0.25) is 0 Å². The molecule has 0 radical (unpaired) electrons. The fraction of sp³-hybridized carbons (Fsp3) is 0.952. The number of carbonyl (C=O) groups is 3. The van der Waals surface area contributed by atoms with Crippen molar-refractivity contribution in [1.29, 1.82) is 0 Å². The van der Waals surface area contributed by atoms with Crippen LogP contribution in [0.2, 0.25) is 0 Å². The first kappa shape index (κ1) is 67.4. The summed E-state index contributed by atoms with van der Waals surface area (Å²) < 4.78 is 17.0. The number of esters is 3. The van der Waals surface area contributed by atoms with Crippen molar-refractivity contribution in [3.8, 4) is 0 Å². The number of unbranched alkanes of at least 4 members (excludes halogenated alkanes) is 45. The van der Waals surface area contributed by atoms with Crippen molar-refractivity contribution >= 4 is 17.9 Å². The number of ether oxygens (including phenoxy) is 3. The van der Waals surface area contributed by atoms with Crippen molar-refractivity contribution in [3.05, 3.63) is 0 Å². The highest BCUT2D eigenvalue weighted by molar-refractivity contribution is 5.71. The average Bonchev–Trinajstić information content (AvgIpc) is 3.34. The molecular formula is C63H122O6. The standard InChI is InChI=1S/C63H122O6/c1-5-7-9-11-13-15-17-19-21-23-25-26-30-34-38-42-46-50-54-61(64)67-57-60(58-68-62(65)55-51-47-43-39-35-32-28-29-33-37-41-45-49-53-59(3)4)69-63(66)56-52-48-44-40-36-31-27-24-22-20-18-16-14-12-10-8-6-2/h59-60H,5-58H2,1-4H3/t60-/m1/s1. The lowest BCUT2D eigenvalue weighted by molar-refractivity contribution is -0.167. The molecule has 0 heterocycles. The van der Waals surface area contributed by atoms with Crippen LogP contribution in [-0.2, 0) is 28.6 Å². The molecule has 0 bridgehead atoms. The Morgan fingerprint density at radius 2 is 0.478 bits per heavy atom. The summed E-state index contributed by atoms with van der Waals surface area (Å²) in [5, 5.41) is 0. The summed E-state index contributed by atoms with van der Waals surface area (Å²) in [5.41, 5.74) is 0. The van der Waals surface area contributed by atoms with Gasteiger partial charge in [-0.05, 0) is 25.2 Å². The maximum atomic E-state index is 12.9. The first-order chi connectivity index (χ1) is 33.9. The molecule has 6 heteroatoms. The van der Waals surface area contributed by atoms with Gasteiger partial charge in [0.25, 0.3) is 0 Å². The van der Waals surface area contributed by atoms with Crippen molar-refractivity contribution in [3.63, 3.8) is 0 Å². The van der Waals surface area contributed by atoms with Gasteiger partial charge in [0.15, 0.2) is 6.10 Å². The van der Waals surface area contributed by atoms with Crippen LogP contribution in [0.25, 0.3) is 0 Å². The topological polar surface area (TPSA) is 78.9 Å².